The summed E-state index contributed by atoms with van der Waals surface area (Å²) in [5, 5.41) is 0. The largest absolute Gasteiger partial charge is 0.347 e. The van der Waals surface area contributed by atoms with Gasteiger partial charge in [0.15, 0.2) is 5.79 Å². The van der Waals surface area contributed by atoms with Crippen molar-refractivity contribution in [1.82, 2.24) is 0 Å². The molecule has 1 unspecified atom stereocenters. The minimum Gasteiger partial charge on any atom is -0.347 e. The van der Waals surface area contributed by atoms with E-state index >= 15 is 0 Å². The first kappa shape index (κ1) is 8.86. The van der Waals surface area contributed by atoms with Crippen molar-refractivity contribution in [3.8, 4) is 0 Å². The molecule has 0 aromatic rings. The van der Waals surface area contributed by atoms with Gasteiger partial charge in [0.05, 0.1) is 13.2 Å². The molecule has 3 fully saturated rings. The van der Waals surface area contributed by atoms with Gasteiger partial charge in [-0.25, -0.2) is 0 Å². The summed E-state index contributed by atoms with van der Waals surface area (Å²) in [7, 11) is 0. The van der Waals surface area contributed by atoms with Gasteiger partial charge >= 0.3 is 0 Å². The second-order valence-electron chi connectivity index (χ2n) is 4.80. The van der Waals surface area contributed by atoms with Crippen LogP contribution in [0.3, 0.4) is 0 Å². The van der Waals surface area contributed by atoms with Gasteiger partial charge < -0.3 is 9.47 Å². The van der Waals surface area contributed by atoms with Crippen LogP contribution in [0.5, 0.6) is 0 Å². The number of fused-ring (bicyclic) bond motifs is 2. The Balaban J connectivity index is 1.89. The van der Waals surface area contributed by atoms with Crippen LogP contribution in [0.15, 0.2) is 0 Å². The summed E-state index contributed by atoms with van der Waals surface area (Å²) < 4.78 is 11.5. The number of rotatable bonds is 0. The van der Waals surface area contributed by atoms with Crippen LogP contribution in [0.4, 0.5) is 0 Å². The van der Waals surface area contributed by atoms with E-state index in [-0.39, 0.29) is 17.6 Å². The molecule has 1 saturated heterocycles. The molecule has 78 valence electrons. The van der Waals surface area contributed by atoms with Crippen molar-refractivity contribution in [2.75, 3.05) is 13.2 Å². The standard InChI is InChI=1S/C11H16O3/c1-7-6-9-8(10(7)12)2-3-11(9)13-4-5-14-11/h7-9H,2-6H2,1H3/t7?,8-,9-/m0/s1. The lowest BCUT2D eigenvalue weighted by atomic mass is 9.96. The van der Waals surface area contributed by atoms with E-state index in [4.69, 9.17) is 9.47 Å². The third kappa shape index (κ3) is 0.971. The van der Waals surface area contributed by atoms with Gasteiger partial charge in [-0.2, -0.15) is 0 Å². The Bertz CT molecular complexity index is 268. The highest BCUT2D eigenvalue weighted by Gasteiger charge is 2.58. The Morgan fingerprint density at radius 3 is 2.79 bits per heavy atom. The Hall–Kier alpha value is -0.410. The number of ether oxygens (including phenoxy) is 2. The smallest absolute Gasteiger partial charge is 0.172 e. The molecule has 1 aliphatic heterocycles. The molecular formula is C11H16O3. The van der Waals surface area contributed by atoms with Crippen LogP contribution in [0.25, 0.3) is 0 Å². The topological polar surface area (TPSA) is 35.5 Å². The lowest BCUT2D eigenvalue weighted by molar-refractivity contribution is -0.184. The van der Waals surface area contributed by atoms with Crippen LogP contribution >= 0.6 is 0 Å². The van der Waals surface area contributed by atoms with Crippen molar-refractivity contribution in [2.45, 2.75) is 32.0 Å². The van der Waals surface area contributed by atoms with E-state index in [0.717, 1.165) is 19.3 Å². The normalized spacial score (nSPS) is 44.9. The van der Waals surface area contributed by atoms with Gasteiger partial charge in [-0.05, 0) is 12.8 Å². The van der Waals surface area contributed by atoms with Gasteiger partial charge in [-0.1, -0.05) is 6.92 Å². The van der Waals surface area contributed by atoms with Crippen molar-refractivity contribution in [1.29, 1.82) is 0 Å². The maximum atomic E-state index is 11.8. The van der Waals surface area contributed by atoms with Crippen molar-refractivity contribution >= 4 is 5.78 Å². The first-order valence-electron chi connectivity index (χ1n) is 5.54. The van der Waals surface area contributed by atoms with Crippen molar-refractivity contribution in [3.05, 3.63) is 0 Å². The van der Waals surface area contributed by atoms with Crippen molar-refractivity contribution in [3.63, 3.8) is 0 Å². The first-order valence-corrected chi connectivity index (χ1v) is 5.54. The lowest BCUT2D eigenvalue weighted by Crippen LogP contribution is -2.35. The molecule has 1 spiro atoms. The summed E-state index contributed by atoms with van der Waals surface area (Å²) in [4.78, 5) is 11.8. The van der Waals surface area contributed by atoms with Gasteiger partial charge in [0.2, 0.25) is 0 Å². The Morgan fingerprint density at radius 2 is 2.07 bits per heavy atom. The number of carbonyl (C=O) groups excluding carboxylic acids is 1. The fourth-order valence-electron chi connectivity index (χ4n) is 3.43. The fraction of sp³-hybridized carbons (Fsp3) is 0.909. The molecule has 3 nitrogen and oxygen atoms in total. The van der Waals surface area contributed by atoms with E-state index in [2.05, 4.69) is 0 Å². The van der Waals surface area contributed by atoms with E-state index in [1.54, 1.807) is 0 Å². The predicted molar refractivity (Wildman–Crippen MR) is 49.6 cm³/mol. The summed E-state index contributed by atoms with van der Waals surface area (Å²) in [6.07, 6.45) is 2.85. The zero-order valence-corrected chi connectivity index (χ0v) is 8.49. The number of hydrogen-bond donors (Lipinski definition) is 0. The minimum atomic E-state index is -0.370. The van der Waals surface area contributed by atoms with E-state index in [1.165, 1.54) is 0 Å². The average Bonchev–Trinajstić information content (AvgIpc) is 2.82. The van der Waals surface area contributed by atoms with Crippen LogP contribution in [-0.4, -0.2) is 24.8 Å². The van der Waals surface area contributed by atoms with Gasteiger partial charge in [-0.3, -0.25) is 4.79 Å². The quantitative estimate of drug-likeness (QED) is 0.587. The Kier molecular flexibility index (Phi) is 1.77. The maximum absolute atomic E-state index is 11.8. The fourth-order valence-corrected chi connectivity index (χ4v) is 3.43. The molecule has 0 aromatic carbocycles. The van der Waals surface area contributed by atoms with Gasteiger partial charge in [0.1, 0.15) is 5.78 Å². The molecule has 3 rings (SSSR count). The van der Waals surface area contributed by atoms with Gasteiger partial charge in [0, 0.05) is 24.2 Å². The number of ketones is 1. The third-order valence-corrected chi connectivity index (χ3v) is 4.09. The van der Waals surface area contributed by atoms with Crippen molar-refractivity contribution < 1.29 is 14.3 Å². The molecule has 3 atom stereocenters. The summed E-state index contributed by atoms with van der Waals surface area (Å²) in [5.74, 6) is 0.849. The zero-order valence-electron chi connectivity index (χ0n) is 8.49. The van der Waals surface area contributed by atoms with Crippen LogP contribution < -0.4 is 0 Å². The molecule has 14 heavy (non-hydrogen) atoms. The summed E-state index contributed by atoms with van der Waals surface area (Å²) in [6.45, 7) is 3.43. The van der Waals surface area contributed by atoms with Crippen LogP contribution in [0, 0.1) is 17.8 Å². The Labute approximate surface area is 83.8 Å². The maximum Gasteiger partial charge on any atom is 0.172 e. The molecule has 0 aromatic heterocycles. The zero-order chi connectivity index (χ0) is 9.76. The van der Waals surface area contributed by atoms with Crippen molar-refractivity contribution in [2.24, 2.45) is 17.8 Å². The molecule has 2 saturated carbocycles. The van der Waals surface area contributed by atoms with E-state index < -0.39 is 0 Å². The molecule has 0 radical (unpaired) electrons. The molecule has 3 heteroatoms. The monoisotopic (exact) mass is 196 g/mol. The van der Waals surface area contributed by atoms with E-state index in [0.29, 0.717) is 24.9 Å². The molecule has 0 bridgehead atoms. The van der Waals surface area contributed by atoms with Crippen LogP contribution in [0.2, 0.25) is 0 Å². The SMILES string of the molecule is CC1C[C@H]2[C@H](CCC23OCCO3)C1=O. The summed E-state index contributed by atoms with van der Waals surface area (Å²) in [5.41, 5.74) is 0. The average molecular weight is 196 g/mol. The summed E-state index contributed by atoms with van der Waals surface area (Å²) in [6, 6.07) is 0. The highest BCUT2D eigenvalue weighted by atomic mass is 16.7. The Morgan fingerprint density at radius 1 is 1.36 bits per heavy atom. The van der Waals surface area contributed by atoms with Gasteiger partial charge in [-0.15, -0.1) is 0 Å². The molecular weight excluding hydrogens is 180 g/mol. The minimum absolute atomic E-state index is 0.218. The highest BCUT2D eigenvalue weighted by Crippen LogP contribution is 2.53. The lowest BCUT2D eigenvalue weighted by Gasteiger charge is -2.28. The highest BCUT2D eigenvalue weighted by molar-refractivity contribution is 5.86. The van der Waals surface area contributed by atoms with Crippen LogP contribution in [-0.2, 0) is 14.3 Å². The number of hydrogen-bond acceptors (Lipinski definition) is 3. The second kappa shape index (κ2) is 2.80. The molecule has 0 amide bonds. The van der Waals surface area contributed by atoms with E-state index in [9.17, 15) is 4.79 Å². The second-order valence-corrected chi connectivity index (χ2v) is 4.80. The number of Topliss-reactive ketones (excluding diaryl/α,β-unsaturated/α-hetero) is 1. The first-order chi connectivity index (χ1) is 6.73. The molecule has 0 N–H and O–H groups in total. The molecule has 1 heterocycles. The molecule has 3 aliphatic rings. The van der Waals surface area contributed by atoms with E-state index in [1.807, 2.05) is 6.92 Å². The van der Waals surface area contributed by atoms with Crippen LogP contribution in [0.1, 0.15) is 26.2 Å². The third-order valence-electron chi connectivity index (χ3n) is 4.09. The predicted octanol–water partition coefficient (Wildman–Crippen LogP) is 1.36. The summed E-state index contributed by atoms with van der Waals surface area (Å²) >= 11 is 0. The molecule has 2 aliphatic carbocycles. The number of carbonyl (C=O) groups is 1. The van der Waals surface area contributed by atoms with Gasteiger partial charge in [0.25, 0.3) is 0 Å².